The Hall–Kier alpha value is -2.64. The Balaban J connectivity index is 2.03. The van der Waals surface area contributed by atoms with Gasteiger partial charge in [0.05, 0.1) is 25.0 Å². The average molecular weight is 365 g/mol. The summed E-state index contributed by atoms with van der Waals surface area (Å²) in [7, 11) is 0. The topological polar surface area (TPSA) is 59.3 Å². The number of benzene rings is 2. The van der Waals surface area contributed by atoms with Gasteiger partial charge < -0.3 is 9.47 Å². The standard InChI is InChI=1S/C23H27NO3/c1-2-3-14-26-15-16-27-23(25)17-21(19-10-6-4-7-11-19)22(18-24)20-12-8-5-9-13-20/h4-13,21-22H,2-3,14-17H2,1H3. The number of unbranched alkanes of at least 4 members (excludes halogenated alkanes) is 1. The molecule has 0 amide bonds. The smallest absolute Gasteiger partial charge is 0.306 e. The highest BCUT2D eigenvalue weighted by atomic mass is 16.6. The molecule has 0 heterocycles. The van der Waals surface area contributed by atoms with Crippen LogP contribution >= 0.6 is 0 Å². The zero-order valence-electron chi connectivity index (χ0n) is 15.8. The molecule has 0 saturated carbocycles. The molecule has 0 aliphatic heterocycles. The SMILES string of the molecule is CCCCOCCOC(=O)CC(c1ccccc1)C(C#N)c1ccccc1. The highest BCUT2D eigenvalue weighted by Crippen LogP contribution is 2.35. The third kappa shape index (κ3) is 6.88. The van der Waals surface area contributed by atoms with Gasteiger partial charge in [-0.2, -0.15) is 5.26 Å². The third-order valence-electron chi connectivity index (χ3n) is 4.45. The summed E-state index contributed by atoms with van der Waals surface area (Å²) in [6.45, 7) is 3.44. The zero-order chi connectivity index (χ0) is 19.3. The second kappa shape index (κ2) is 11.9. The Morgan fingerprint density at radius 2 is 1.59 bits per heavy atom. The number of carbonyl (C=O) groups excluding carboxylic acids is 1. The van der Waals surface area contributed by atoms with Crippen molar-refractivity contribution in [3.8, 4) is 6.07 Å². The molecule has 0 aliphatic carbocycles. The molecule has 2 unspecified atom stereocenters. The molecule has 2 rings (SSSR count). The lowest BCUT2D eigenvalue weighted by molar-refractivity contribution is -0.145. The lowest BCUT2D eigenvalue weighted by Gasteiger charge is -2.22. The van der Waals surface area contributed by atoms with Crippen LogP contribution in [0.25, 0.3) is 0 Å². The third-order valence-corrected chi connectivity index (χ3v) is 4.45. The van der Waals surface area contributed by atoms with Crippen LogP contribution < -0.4 is 0 Å². The molecule has 2 atom stereocenters. The van der Waals surface area contributed by atoms with Gasteiger partial charge in [0.1, 0.15) is 6.61 Å². The maximum Gasteiger partial charge on any atom is 0.306 e. The molecule has 0 bridgehead atoms. The van der Waals surface area contributed by atoms with E-state index in [1.165, 1.54) is 0 Å². The molecule has 0 spiro atoms. The van der Waals surface area contributed by atoms with Crippen LogP contribution in [0.4, 0.5) is 0 Å². The van der Waals surface area contributed by atoms with Crippen molar-refractivity contribution in [2.45, 2.75) is 38.0 Å². The molecule has 4 heteroatoms. The van der Waals surface area contributed by atoms with Crippen LogP contribution in [0.1, 0.15) is 49.1 Å². The summed E-state index contributed by atoms with van der Waals surface area (Å²) in [5, 5.41) is 9.80. The van der Waals surface area contributed by atoms with Crippen molar-refractivity contribution in [1.29, 1.82) is 5.26 Å². The number of carbonyl (C=O) groups is 1. The minimum atomic E-state index is -0.415. The second-order valence-corrected chi connectivity index (χ2v) is 6.43. The van der Waals surface area contributed by atoms with Crippen LogP contribution in [0.5, 0.6) is 0 Å². The summed E-state index contributed by atoms with van der Waals surface area (Å²) in [4.78, 5) is 12.4. The molecule has 0 saturated heterocycles. The van der Waals surface area contributed by atoms with Crippen molar-refractivity contribution in [2.75, 3.05) is 19.8 Å². The lowest BCUT2D eigenvalue weighted by Crippen LogP contribution is -2.18. The summed E-state index contributed by atoms with van der Waals surface area (Å²) in [6, 6.07) is 21.7. The van der Waals surface area contributed by atoms with Gasteiger partial charge in [0.2, 0.25) is 0 Å². The van der Waals surface area contributed by atoms with Crippen molar-refractivity contribution in [3.63, 3.8) is 0 Å². The summed E-state index contributed by atoms with van der Waals surface area (Å²) >= 11 is 0. The van der Waals surface area contributed by atoms with Gasteiger partial charge in [-0.1, -0.05) is 74.0 Å². The first-order valence-corrected chi connectivity index (χ1v) is 9.49. The fourth-order valence-corrected chi connectivity index (χ4v) is 2.99. The number of nitrogens with zero attached hydrogens (tertiary/aromatic N) is 1. The fraction of sp³-hybridized carbons (Fsp3) is 0.391. The number of hydrogen-bond donors (Lipinski definition) is 0. The molecule has 0 N–H and O–H groups in total. The van der Waals surface area contributed by atoms with E-state index in [2.05, 4.69) is 13.0 Å². The molecule has 0 aliphatic rings. The van der Waals surface area contributed by atoms with Crippen LogP contribution in [0.2, 0.25) is 0 Å². The van der Waals surface area contributed by atoms with E-state index >= 15 is 0 Å². The molecular weight excluding hydrogens is 338 g/mol. The molecule has 27 heavy (non-hydrogen) atoms. The highest BCUT2D eigenvalue weighted by molar-refractivity contribution is 5.71. The fourth-order valence-electron chi connectivity index (χ4n) is 2.99. The molecule has 4 nitrogen and oxygen atoms in total. The van der Waals surface area contributed by atoms with Crippen molar-refractivity contribution in [3.05, 3.63) is 71.8 Å². The number of nitriles is 1. The minimum Gasteiger partial charge on any atom is -0.463 e. The lowest BCUT2D eigenvalue weighted by atomic mass is 9.80. The molecule has 0 radical (unpaired) electrons. The summed E-state index contributed by atoms with van der Waals surface area (Å²) in [5.41, 5.74) is 1.87. The van der Waals surface area contributed by atoms with Crippen LogP contribution in [0, 0.1) is 11.3 Å². The number of rotatable bonds is 11. The molecule has 2 aromatic carbocycles. The number of esters is 1. The van der Waals surface area contributed by atoms with E-state index in [0.717, 1.165) is 24.0 Å². The quantitative estimate of drug-likeness (QED) is 0.423. The highest BCUT2D eigenvalue weighted by Gasteiger charge is 2.27. The monoisotopic (exact) mass is 365 g/mol. The Morgan fingerprint density at radius 3 is 2.19 bits per heavy atom. The van der Waals surface area contributed by atoms with Crippen LogP contribution in [0.3, 0.4) is 0 Å². The molecular formula is C23H27NO3. The van der Waals surface area contributed by atoms with Gasteiger partial charge in [-0.25, -0.2) is 0 Å². The van der Waals surface area contributed by atoms with E-state index in [-0.39, 0.29) is 24.9 Å². The van der Waals surface area contributed by atoms with E-state index in [4.69, 9.17) is 9.47 Å². The van der Waals surface area contributed by atoms with Crippen molar-refractivity contribution < 1.29 is 14.3 Å². The van der Waals surface area contributed by atoms with E-state index in [1.54, 1.807) is 0 Å². The van der Waals surface area contributed by atoms with E-state index in [0.29, 0.717) is 13.2 Å². The van der Waals surface area contributed by atoms with Gasteiger partial charge in [-0.05, 0) is 17.5 Å². The zero-order valence-corrected chi connectivity index (χ0v) is 15.8. The molecule has 142 valence electrons. The van der Waals surface area contributed by atoms with Gasteiger partial charge in [-0.15, -0.1) is 0 Å². The summed E-state index contributed by atoms with van der Waals surface area (Å²) < 4.78 is 10.8. The molecule has 2 aromatic rings. The Morgan fingerprint density at radius 1 is 0.963 bits per heavy atom. The van der Waals surface area contributed by atoms with Gasteiger partial charge in [0, 0.05) is 12.5 Å². The first-order valence-electron chi connectivity index (χ1n) is 9.49. The summed E-state index contributed by atoms with van der Waals surface area (Å²) in [5.74, 6) is -0.979. The van der Waals surface area contributed by atoms with Gasteiger partial charge in [0.15, 0.2) is 0 Å². The average Bonchev–Trinajstić information content (AvgIpc) is 2.72. The van der Waals surface area contributed by atoms with E-state index < -0.39 is 5.92 Å². The van der Waals surface area contributed by atoms with Crippen molar-refractivity contribution in [2.24, 2.45) is 0 Å². The summed E-state index contributed by atoms with van der Waals surface area (Å²) in [6.07, 6.45) is 2.24. The van der Waals surface area contributed by atoms with Crippen LogP contribution in [-0.2, 0) is 14.3 Å². The van der Waals surface area contributed by atoms with E-state index in [1.807, 2.05) is 60.7 Å². The minimum absolute atomic E-state index is 0.159. The van der Waals surface area contributed by atoms with Crippen molar-refractivity contribution in [1.82, 2.24) is 0 Å². The first-order chi connectivity index (χ1) is 13.3. The maximum atomic E-state index is 12.4. The predicted octanol–water partition coefficient (Wildman–Crippen LogP) is 4.83. The Bertz CT molecular complexity index is 709. The van der Waals surface area contributed by atoms with Gasteiger partial charge in [0.25, 0.3) is 0 Å². The largest absolute Gasteiger partial charge is 0.463 e. The van der Waals surface area contributed by atoms with Gasteiger partial charge >= 0.3 is 5.97 Å². The Labute approximate surface area is 161 Å². The van der Waals surface area contributed by atoms with Gasteiger partial charge in [-0.3, -0.25) is 4.79 Å². The van der Waals surface area contributed by atoms with Crippen LogP contribution in [0.15, 0.2) is 60.7 Å². The van der Waals surface area contributed by atoms with Crippen LogP contribution in [-0.4, -0.2) is 25.8 Å². The first kappa shape index (κ1) is 20.7. The maximum absolute atomic E-state index is 12.4. The number of ether oxygens (including phenoxy) is 2. The van der Waals surface area contributed by atoms with E-state index in [9.17, 15) is 10.1 Å². The second-order valence-electron chi connectivity index (χ2n) is 6.43. The van der Waals surface area contributed by atoms with Crippen molar-refractivity contribution >= 4 is 5.97 Å². The Kier molecular flexibility index (Phi) is 9.09. The molecule has 0 aromatic heterocycles. The normalized spacial score (nSPS) is 12.7. The number of hydrogen-bond acceptors (Lipinski definition) is 4. The molecule has 0 fully saturated rings. The predicted molar refractivity (Wildman–Crippen MR) is 105 cm³/mol.